The predicted octanol–water partition coefficient (Wildman–Crippen LogP) is 14.3. The van der Waals surface area contributed by atoms with Crippen molar-refractivity contribution in [2.24, 2.45) is 0 Å². The van der Waals surface area contributed by atoms with Gasteiger partial charge in [0.25, 0.3) is 0 Å². The van der Waals surface area contributed by atoms with Gasteiger partial charge in [-0.2, -0.15) is 0 Å². The highest BCUT2D eigenvalue weighted by atomic mass is 31.2. The molecular weight excluding hydrogens is 591 g/mol. The van der Waals surface area contributed by atoms with Crippen LogP contribution in [0.3, 0.4) is 0 Å². The van der Waals surface area contributed by atoms with Gasteiger partial charge in [0, 0.05) is 6.92 Å². The summed E-state index contributed by atoms with van der Waals surface area (Å²) in [6.45, 7) is 6.93. The lowest BCUT2D eigenvalue weighted by atomic mass is 10.0. The summed E-state index contributed by atoms with van der Waals surface area (Å²) in [6.07, 6.45) is 42.5. The molecule has 0 aliphatic rings. The summed E-state index contributed by atoms with van der Waals surface area (Å²) in [5, 5.41) is 0. The highest BCUT2D eigenvalue weighted by Crippen LogP contribution is 2.48. The molecular formula is C40H81O5P. The van der Waals surface area contributed by atoms with Crippen LogP contribution in [0.25, 0.3) is 0 Å². The van der Waals surface area contributed by atoms with Crippen LogP contribution in [0.1, 0.15) is 226 Å². The summed E-state index contributed by atoms with van der Waals surface area (Å²) in [5.41, 5.74) is 0. The monoisotopic (exact) mass is 673 g/mol. The summed E-state index contributed by atoms with van der Waals surface area (Å²) >= 11 is 0. The van der Waals surface area contributed by atoms with Crippen molar-refractivity contribution in [3.05, 3.63) is 0 Å². The Morgan fingerprint density at radius 2 is 0.630 bits per heavy atom. The molecule has 0 spiro atoms. The first kappa shape index (κ1) is 45.6. The maximum Gasteiger partial charge on any atom is 0.334 e. The van der Waals surface area contributed by atoms with Crippen LogP contribution in [0.5, 0.6) is 0 Å². The number of carbonyl (C=O) groups excluding carboxylic acids is 1. The molecule has 0 heterocycles. The van der Waals surface area contributed by atoms with Gasteiger partial charge in [-0.25, -0.2) is 0 Å². The molecule has 0 radical (unpaired) electrons. The molecule has 0 aliphatic carbocycles. The number of esters is 1. The van der Waals surface area contributed by atoms with Gasteiger partial charge < -0.3 is 13.8 Å². The zero-order valence-corrected chi connectivity index (χ0v) is 32.3. The minimum absolute atomic E-state index is 0.0878. The van der Waals surface area contributed by atoms with Crippen LogP contribution in [0, 0.1) is 0 Å². The van der Waals surface area contributed by atoms with Gasteiger partial charge >= 0.3 is 13.6 Å². The lowest BCUT2D eigenvalue weighted by Gasteiger charge is -2.18. The lowest BCUT2D eigenvalue weighted by molar-refractivity contribution is -0.140. The Morgan fingerprint density at radius 3 is 0.870 bits per heavy atom. The van der Waals surface area contributed by atoms with E-state index in [1.807, 2.05) is 0 Å². The van der Waals surface area contributed by atoms with E-state index in [1.54, 1.807) is 0 Å². The van der Waals surface area contributed by atoms with Crippen molar-refractivity contribution in [2.45, 2.75) is 226 Å². The summed E-state index contributed by atoms with van der Waals surface area (Å²) in [4.78, 5) is 11.2. The molecule has 0 rings (SSSR count). The third-order valence-corrected chi connectivity index (χ3v) is 11.1. The molecule has 0 unspecified atom stereocenters. The second-order valence-electron chi connectivity index (χ2n) is 13.9. The van der Waals surface area contributed by atoms with E-state index in [9.17, 15) is 9.36 Å². The van der Waals surface area contributed by atoms with E-state index in [1.165, 1.54) is 187 Å². The second-order valence-corrected chi connectivity index (χ2v) is 16.1. The van der Waals surface area contributed by atoms with Crippen LogP contribution in [-0.2, 0) is 23.1 Å². The zero-order valence-electron chi connectivity index (χ0n) is 31.4. The van der Waals surface area contributed by atoms with Crippen molar-refractivity contribution < 1.29 is 23.1 Å². The molecule has 0 N–H and O–H groups in total. The summed E-state index contributed by atoms with van der Waals surface area (Å²) in [6, 6.07) is 0. The maximum absolute atomic E-state index is 13.3. The highest BCUT2D eigenvalue weighted by Gasteiger charge is 2.24. The second kappa shape index (κ2) is 37.4. The van der Waals surface area contributed by atoms with Crippen LogP contribution >= 0.6 is 7.60 Å². The molecule has 0 aromatic carbocycles. The minimum atomic E-state index is -3.23. The van der Waals surface area contributed by atoms with Crippen molar-refractivity contribution in [3.8, 4) is 0 Å². The maximum atomic E-state index is 13.3. The van der Waals surface area contributed by atoms with Crippen molar-refractivity contribution in [1.82, 2.24) is 0 Å². The van der Waals surface area contributed by atoms with E-state index in [-0.39, 0.29) is 18.7 Å². The third kappa shape index (κ3) is 36.5. The van der Waals surface area contributed by atoms with E-state index >= 15 is 0 Å². The van der Waals surface area contributed by atoms with Gasteiger partial charge in [-0.05, 0) is 12.8 Å². The Morgan fingerprint density at radius 1 is 0.391 bits per heavy atom. The number of rotatable bonds is 39. The van der Waals surface area contributed by atoms with Crippen LogP contribution in [0.15, 0.2) is 0 Å². The normalized spacial score (nSPS) is 11.8. The molecule has 0 saturated heterocycles. The van der Waals surface area contributed by atoms with E-state index in [4.69, 9.17) is 13.8 Å². The smallest absolute Gasteiger partial charge is 0.334 e. The summed E-state index contributed by atoms with van der Waals surface area (Å²) in [5.74, 6) is -0.359. The number of hydrogen-bond acceptors (Lipinski definition) is 5. The zero-order chi connectivity index (χ0) is 33.7. The Bertz CT molecular complexity index is 614. The Balaban J connectivity index is 3.74. The van der Waals surface area contributed by atoms with Crippen LogP contribution < -0.4 is 0 Å². The Hall–Kier alpha value is -0.380. The Labute approximate surface area is 288 Å². The van der Waals surface area contributed by atoms with E-state index in [0.717, 1.165) is 25.7 Å². The number of carbonyl (C=O) groups is 1. The minimum Gasteiger partial charge on any atom is -0.465 e. The van der Waals surface area contributed by atoms with Gasteiger partial charge in [-0.15, -0.1) is 0 Å². The van der Waals surface area contributed by atoms with Gasteiger partial charge in [0.1, 0.15) is 6.61 Å². The lowest BCUT2D eigenvalue weighted by Crippen LogP contribution is -2.10. The molecule has 0 aliphatic heterocycles. The van der Waals surface area contributed by atoms with Gasteiger partial charge in [0.15, 0.2) is 0 Å². The third-order valence-electron chi connectivity index (χ3n) is 9.24. The number of hydrogen-bond donors (Lipinski definition) is 0. The fourth-order valence-electron chi connectivity index (χ4n) is 6.18. The molecule has 5 nitrogen and oxygen atoms in total. The van der Waals surface area contributed by atoms with Crippen LogP contribution in [0.4, 0.5) is 0 Å². The average Bonchev–Trinajstić information content (AvgIpc) is 3.04. The molecule has 0 aromatic heterocycles. The van der Waals surface area contributed by atoms with E-state index in [2.05, 4.69) is 13.8 Å². The average molecular weight is 673 g/mol. The Kier molecular flexibility index (Phi) is 37.1. The molecule has 276 valence electrons. The van der Waals surface area contributed by atoms with E-state index < -0.39 is 7.60 Å². The van der Waals surface area contributed by atoms with Crippen molar-refractivity contribution in [3.63, 3.8) is 0 Å². The van der Waals surface area contributed by atoms with Gasteiger partial charge in [-0.1, -0.05) is 206 Å². The summed E-state index contributed by atoms with van der Waals surface area (Å²) in [7, 11) is -3.23. The standard InChI is InChI=1S/C40H81O5P/c1-4-6-8-10-12-14-16-18-20-22-24-26-28-30-32-34-36-44-46(42,39-38-43-40(3)41)45-37-35-33-31-29-27-25-23-21-19-17-15-13-11-9-7-5-2/h4-39H2,1-3H3. The fourth-order valence-corrected chi connectivity index (χ4v) is 7.64. The fraction of sp³-hybridized carbons (Fsp3) is 0.975. The first-order chi connectivity index (χ1) is 22.5. The molecule has 0 saturated carbocycles. The highest BCUT2D eigenvalue weighted by molar-refractivity contribution is 7.53. The van der Waals surface area contributed by atoms with Crippen molar-refractivity contribution in [1.29, 1.82) is 0 Å². The first-order valence-corrected chi connectivity index (χ1v) is 22.3. The topological polar surface area (TPSA) is 61.8 Å². The predicted molar refractivity (Wildman–Crippen MR) is 200 cm³/mol. The SMILES string of the molecule is CCCCCCCCCCCCCCCCCCOP(=O)(CCOC(C)=O)OCCCCCCCCCCCCCCCCCC. The summed E-state index contributed by atoms with van der Waals surface area (Å²) < 4.78 is 29.9. The van der Waals surface area contributed by atoms with Crippen LogP contribution in [0.2, 0.25) is 0 Å². The molecule has 0 amide bonds. The van der Waals surface area contributed by atoms with Crippen molar-refractivity contribution in [2.75, 3.05) is 26.0 Å². The van der Waals surface area contributed by atoms with Gasteiger partial charge in [0.05, 0.1) is 19.4 Å². The largest absolute Gasteiger partial charge is 0.465 e. The molecule has 46 heavy (non-hydrogen) atoms. The number of unbranched alkanes of at least 4 members (excludes halogenated alkanes) is 30. The number of ether oxygens (including phenoxy) is 1. The molecule has 0 fully saturated rings. The van der Waals surface area contributed by atoms with E-state index in [0.29, 0.717) is 13.2 Å². The molecule has 0 aromatic rings. The van der Waals surface area contributed by atoms with Crippen LogP contribution in [-0.4, -0.2) is 32.0 Å². The molecule has 0 atom stereocenters. The quantitative estimate of drug-likeness (QED) is 0.0369. The van der Waals surface area contributed by atoms with Gasteiger partial charge in [0.2, 0.25) is 0 Å². The first-order valence-electron chi connectivity index (χ1n) is 20.6. The molecule has 0 bridgehead atoms. The van der Waals surface area contributed by atoms with Crippen molar-refractivity contribution >= 4 is 13.6 Å². The van der Waals surface area contributed by atoms with Gasteiger partial charge in [-0.3, -0.25) is 9.36 Å². The molecule has 6 heteroatoms.